The number of aromatic nitrogens is 2. The van der Waals surface area contributed by atoms with E-state index in [1.807, 2.05) is 0 Å². The first-order valence-corrected chi connectivity index (χ1v) is 4.82. The predicted molar refractivity (Wildman–Crippen MR) is 50.9 cm³/mol. The monoisotopic (exact) mass is 197 g/mol. The molecule has 0 unspecified atom stereocenters. The summed E-state index contributed by atoms with van der Waals surface area (Å²) in [5, 5.41) is 6.25. The molecule has 0 aliphatic carbocycles. The zero-order valence-electron chi connectivity index (χ0n) is 8.54. The molecule has 0 radical (unpaired) electrons. The molecular weight excluding hydrogens is 182 g/mol. The lowest BCUT2D eigenvalue weighted by Gasteiger charge is -1.99. The van der Waals surface area contributed by atoms with Gasteiger partial charge in [-0.25, -0.2) is 0 Å². The van der Waals surface area contributed by atoms with E-state index >= 15 is 0 Å². The molecule has 0 saturated carbocycles. The molecule has 78 valence electrons. The summed E-state index contributed by atoms with van der Waals surface area (Å²) in [7, 11) is 0. The molecule has 0 saturated heterocycles. The van der Waals surface area contributed by atoms with Crippen molar-refractivity contribution in [3.63, 3.8) is 0 Å². The molecule has 5 heteroatoms. The second-order valence-corrected chi connectivity index (χ2v) is 3.11. The normalized spacial score (nSPS) is 10.1. The molecule has 1 heterocycles. The van der Waals surface area contributed by atoms with Crippen LogP contribution in [0.15, 0.2) is 4.52 Å². The summed E-state index contributed by atoms with van der Waals surface area (Å²) in [6, 6.07) is 0. The Morgan fingerprint density at radius 3 is 2.86 bits per heavy atom. The first kappa shape index (κ1) is 10.7. The Morgan fingerprint density at radius 2 is 2.29 bits per heavy atom. The standard InChI is InChI=1S/C9H15N3O2/c1-3-4-5-6-10-8(13)9-11-7(2)12-14-9/h3-6H2,1-2H3,(H,10,13). The summed E-state index contributed by atoms with van der Waals surface area (Å²) in [6.45, 7) is 4.45. The minimum atomic E-state index is -0.290. The quantitative estimate of drug-likeness (QED) is 0.722. The van der Waals surface area contributed by atoms with Crippen LogP contribution in [0.4, 0.5) is 0 Å². The van der Waals surface area contributed by atoms with Crippen molar-refractivity contribution in [2.24, 2.45) is 0 Å². The number of rotatable bonds is 5. The SMILES string of the molecule is CCCCCNC(=O)c1nc(C)no1. The number of nitrogens with one attached hydrogen (secondary N) is 1. The maximum Gasteiger partial charge on any atom is 0.315 e. The van der Waals surface area contributed by atoms with E-state index < -0.39 is 0 Å². The van der Waals surface area contributed by atoms with Gasteiger partial charge in [0, 0.05) is 6.54 Å². The van der Waals surface area contributed by atoms with E-state index in [1.54, 1.807) is 6.92 Å². The molecule has 0 bridgehead atoms. The molecule has 1 aromatic heterocycles. The Bertz CT molecular complexity index is 296. The lowest BCUT2D eigenvalue weighted by atomic mass is 10.2. The van der Waals surface area contributed by atoms with Crippen molar-refractivity contribution in [3.8, 4) is 0 Å². The van der Waals surface area contributed by atoms with Crippen LogP contribution < -0.4 is 5.32 Å². The highest BCUT2D eigenvalue weighted by Gasteiger charge is 2.11. The minimum Gasteiger partial charge on any atom is -0.348 e. The smallest absolute Gasteiger partial charge is 0.315 e. The van der Waals surface area contributed by atoms with Gasteiger partial charge >= 0.3 is 11.8 Å². The van der Waals surface area contributed by atoms with Crippen LogP contribution in [-0.2, 0) is 0 Å². The number of unbranched alkanes of at least 4 members (excludes halogenated alkanes) is 2. The third-order valence-corrected chi connectivity index (χ3v) is 1.79. The molecule has 1 N–H and O–H groups in total. The number of nitrogens with zero attached hydrogens (tertiary/aromatic N) is 2. The van der Waals surface area contributed by atoms with Crippen LogP contribution in [0.1, 0.15) is 42.7 Å². The van der Waals surface area contributed by atoms with E-state index in [4.69, 9.17) is 4.52 Å². The van der Waals surface area contributed by atoms with E-state index in [1.165, 1.54) is 0 Å². The highest BCUT2D eigenvalue weighted by Crippen LogP contribution is 1.96. The zero-order valence-corrected chi connectivity index (χ0v) is 8.54. The second kappa shape index (κ2) is 5.36. The van der Waals surface area contributed by atoms with E-state index in [9.17, 15) is 4.79 Å². The van der Waals surface area contributed by atoms with Gasteiger partial charge in [0.25, 0.3) is 0 Å². The first-order valence-electron chi connectivity index (χ1n) is 4.82. The Balaban J connectivity index is 2.29. The fourth-order valence-corrected chi connectivity index (χ4v) is 1.04. The predicted octanol–water partition coefficient (Wildman–Crippen LogP) is 1.30. The lowest BCUT2D eigenvalue weighted by molar-refractivity contribution is 0.0909. The molecule has 1 aromatic rings. The number of hydrogen-bond acceptors (Lipinski definition) is 4. The summed E-state index contributed by atoms with van der Waals surface area (Å²) in [4.78, 5) is 15.1. The molecule has 0 fully saturated rings. The Labute approximate surface area is 82.9 Å². The van der Waals surface area contributed by atoms with Crippen LogP contribution in [0.3, 0.4) is 0 Å². The summed E-state index contributed by atoms with van der Waals surface area (Å²) < 4.78 is 4.71. The molecule has 1 amide bonds. The molecule has 1 rings (SSSR count). The molecule has 0 spiro atoms. The summed E-state index contributed by atoms with van der Waals surface area (Å²) in [6.07, 6.45) is 3.23. The Morgan fingerprint density at radius 1 is 1.50 bits per heavy atom. The van der Waals surface area contributed by atoms with E-state index in [0.29, 0.717) is 12.4 Å². The molecule has 0 aliphatic heterocycles. The van der Waals surface area contributed by atoms with Gasteiger partial charge in [-0.05, 0) is 13.3 Å². The maximum absolute atomic E-state index is 11.3. The van der Waals surface area contributed by atoms with Crippen LogP contribution in [0.2, 0.25) is 0 Å². The number of carbonyl (C=O) groups is 1. The van der Waals surface area contributed by atoms with Gasteiger partial charge in [-0.15, -0.1) is 0 Å². The van der Waals surface area contributed by atoms with Gasteiger partial charge in [0.1, 0.15) is 0 Å². The minimum absolute atomic E-state index is 0.0407. The van der Waals surface area contributed by atoms with Gasteiger partial charge in [-0.2, -0.15) is 4.98 Å². The molecule has 0 aliphatic rings. The van der Waals surface area contributed by atoms with Gasteiger partial charge in [-0.1, -0.05) is 24.9 Å². The van der Waals surface area contributed by atoms with Crippen molar-refractivity contribution in [2.75, 3.05) is 6.54 Å². The lowest BCUT2D eigenvalue weighted by Crippen LogP contribution is -2.24. The van der Waals surface area contributed by atoms with Gasteiger partial charge in [0.05, 0.1) is 0 Å². The largest absolute Gasteiger partial charge is 0.348 e. The van der Waals surface area contributed by atoms with Crippen LogP contribution in [0.25, 0.3) is 0 Å². The van der Waals surface area contributed by atoms with Crippen molar-refractivity contribution in [3.05, 3.63) is 11.7 Å². The topological polar surface area (TPSA) is 68.0 Å². The number of hydrogen-bond donors (Lipinski definition) is 1. The molecule has 0 aromatic carbocycles. The van der Waals surface area contributed by atoms with E-state index in [-0.39, 0.29) is 11.8 Å². The van der Waals surface area contributed by atoms with Crippen molar-refractivity contribution >= 4 is 5.91 Å². The van der Waals surface area contributed by atoms with E-state index in [2.05, 4.69) is 22.4 Å². The first-order chi connectivity index (χ1) is 6.74. The number of amides is 1. The van der Waals surface area contributed by atoms with Gasteiger partial charge in [-0.3, -0.25) is 4.79 Å². The summed E-state index contributed by atoms with van der Waals surface area (Å²) in [5.41, 5.74) is 0. The molecule has 0 atom stereocenters. The van der Waals surface area contributed by atoms with Crippen LogP contribution >= 0.6 is 0 Å². The number of carbonyl (C=O) groups excluding carboxylic acids is 1. The average molecular weight is 197 g/mol. The third-order valence-electron chi connectivity index (χ3n) is 1.79. The van der Waals surface area contributed by atoms with Crippen molar-refractivity contribution in [1.29, 1.82) is 0 Å². The van der Waals surface area contributed by atoms with Crippen molar-refractivity contribution in [2.45, 2.75) is 33.1 Å². The zero-order chi connectivity index (χ0) is 10.4. The van der Waals surface area contributed by atoms with Crippen molar-refractivity contribution < 1.29 is 9.32 Å². The van der Waals surface area contributed by atoms with Crippen molar-refractivity contribution in [1.82, 2.24) is 15.5 Å². The second-order valence-electron chi connectivity index (χ2n) is 3.11. The molecular formula is C9H15N3O2. The van der Waals surface area contributed by atoms with Gasteiger partial charge < -0.3 is 9.84 Å². The van der Waals surface area contributed by atoms with Crippen LogP contribution in [0.5, 0.6) is 0 Å². The fraction of sp³-hybridized carbons (Fsp3) is 0.667. The third kappa shape index (κ3) is 3.16. The molecule has 14 heavy (non-hydrogen) atoms. The van der Waals surface area contributed by atoms with Gasteiger partial charge in [0.15, 0.2) is 5.82 Å². The van der Waals surface area contributed by atoms with Crippen LogP contribution in [-0.4, -0.2) is 22.6 Å². The highest BCUT2D eigenvalue weighted by molar-refractivity contribution is 5.89. The Kier molecular flexibility index (Phi) is 4.10. The number of aryl methyl sites for hydroxylation is 1. The van der Waals surface area contributed by atoms with Gasteiger partial charge in [0.2, 0.25) is 0 Å². The summed E-state index contributed by atoms with van der Waals surface area (Å²) >= 11 is 0. The Hall–Kier alpha value is -1.39. The average Bonchev–Trinajstić information content (AvgIpc) is 2.59. The van der Waals surface area contributed by atoms with Crippen LogP contribution in [0, 0.1) is 6.92 Å². The van der Waals surface area contributed by atoms with E-state index in [0.717, 1.165) is 19.3 Å². The highest BCUT2D eigenvalue weighted by atomic mass is 16.5. The fourth-order valence-electron chi connectivity index (χ4n) is 1.04. The maximum atomic E-state index is 11.3. The summed E-state index contributed by atoms with van der Waals surface area (Å²) in [5.74, 6) is 0.226. The molecule has 5 nitrogen and oxygen atoms in total.